The third-order valence-electron chi connectivity index (χ3n) is 6.07. The van der Waals surface area contributed by atoms with Crippen LogP contribution in [0.25, 0.3) is 43.1 Å². The van der Waals surface area contributed by atoms with Gasteiger partial charge in [-0.05, 0) is 104 Å². The molecular weight excluding hydrogens is 324 g/mol. The van der Waals surface area contributed by atoms with E-state index in [9.17, 15) is 0 Å². The van der Waals surface area contributed by atoms with Crippen LogP contribution in [0.1, 0.15) is 37.3 Å². The Bertz CT molecular complexity index is 1320. The first-order valence-electron chi connectivity index (χ1n) is 9.92. The van der Waals surface area contributed by atoms with E-state index >= 15 is 0 Å². The molecule has 0 saturated carbocycles. The average Bonchev–Trinajstić information content (AvgIpc) is 2.68. The molecule has 0 radical (unpaired) electrons. The van der Waals surface area contributed by atoms with Gasteiger partial charge in [-0.25, -0.2) is 0 Å². The molecule has 0 N–H and O–H groups in total. The van der Waals surface area contributed by atoms with E-state index in [4.69, 9.17) is 0 Å². The van der Waals surface area contributed by atoms with Crippen LogP contribution in [0.2, 0.25) is 0 Å². The zero-order valence-electron chi connectivity index (χ0n) is 16.2. The van der Waals surface area contributed by atoms with Crippen LogP contribution in [-0.4, -0.2) is 0 Å². The molecule has 0 bridgehead atoms. The number of hydrogen-bond donors (Lipinski definition) is 0. The van der Waals surface area contributed by atoms with E-state index in [1.807, 2.05) is 0 Å². The quantitative estimate of drug-likeness (QED) is 0.282. The summed E-state index contributed by atoms with van der Waals surface area (Å²) in [5, 5.41) is 10.6. The van der Waals surface area contributed by atoms with Gasteiger partial charge in [0.15, 0.2) is 0 Å². The summed E-state index contributed by atoms with van der Waals surface area (Å²) in [6.07, 6.45) is 1.18. The van der Waals surface area contributed by atoms with Crippen LogP contribution in [0.4, 0.5) is 0 Å². The van der Waals surface area contributed by atoms with Crippen molar-refractivity contribution >= 4 is 43.1 Å². The van der Waals surface area contributed by atoms with Crippen molar-refractivity contribution in [3.05, 3.63) is 83.9 Å². The molecule has 0 aromatic heterocycles. The zero-order valence-corrected chi connectivity index (χ0v) is 16.2. The Labute approximate surface area is 160 Å². The molecular formula is C27H24. The summed E-state index contributed by atoms with van der Waals surface area (Å²) in [6, 6.07) is 27.7. The highest BCUT2D eigenvalue weighted by Crippen LogP contribution is 2.32. The summed E-state index contributed by atoms with van der Waals surface area (Å²) < 4.78 is 0. The predicted octanol–water partition coefficient (Wildman–Crippen LogP) is 8.12. The minimum absolute atomic E-state index is 0.608. The molecule has 0 aliphatic heterocycles. The Hall–Kier alpha value is -2.86. The summed E-state index contributed by atoms with van der Waals surface area (Å²) in [6.45, 7) is 6.72. The summed E-state index contributed by atoms with van der Waals surface area (Å²) in [4.78, 5) is 0. The number of rotatable bonds is 2. The molecule has 0 heterocycles. The van der Waals surface area contributed by atoms with Crippen molar-refractivity contribution in [2.24, 2.45) is 0 Å². The van der Waals surface area contributed by atoms with Crippen molar-refractivity contribution in [1.29, 1.82) is 0 Å². The van der Waals surface area contributed by atoms with Crippen LogP contribution < -0.4 is 0 Å². The zero-order chi connectivity index (χ0) is 18.5. The van der Waals surface area contributed by atoms with Gasteiger partial charge in [0.1, 0.15) is 0 Å². The highest BCUT2D eigenvalue weighted by Gasteiger charge is 2.07. The van der Waals surface area contributed by atoms with Gasteiger partial charge >= 0.3 is 0 Å². The molecule has 0 nitrogen and oxygen atoms in total. The minimum atomic E-state index is 0.608. The lowest BCUT2D eigenvalue weighted by Crippen LogP contribution is -1.90. The van der Waals surface area contributed by atoms with E-state index < -0.39 is 0 Å². The summed E-state index contributed by atoms with van der Waals surface area (Å²) in [5.41, 5.74) is 2.75. The van der Waals surface area contributed by atoms with Gasteiger partial charge in [0, 0.05) is 0 Å². The van der Waals surface area contributed by atoms with E-state index in [2.05, 4.69) is 93.6 Å². The van der Waals surface area contributed by atoms with Crippen molar-refractivity contribution in [3.8, 4) is 0 Å². The first-order valence-corrected chi connectivity index (χ1v) is 9.92. The fourth-order valence-electron chi connectivity index (χ4n) is 4.18. The average molecular weight is 348 g/mol. The molecule has 0 aliphatic carbocycles. The maximum Gasteiger partial charge on any atom is -0.0171 e. The lowest BCUT2D eigenvalue weighted by molar-refractivity contribution is 0.735. The molecule has 1 atom stereocenters. The minimum Gasteiger partial charge on any atom is -0.0648 e. The van der Waals surface area contributed by atoms with Crippen LogP contribution in [0.15, 0.2) is 72.8 Å². The van der Waals surface area contributed by atoms with Crippen molar-refractivity contribution in [2.45, 2.75) is 33.1 Å². The van der Waals surface area contributed by atoms with Gasteiger partial charge in [-0.2, -0.15) is 0 Å². The molecule has 132 valence electrons. The topological polar surface area (TPSA) is 0 Å². The van der Waals surface area contributed by atoms with Crippen molar-refractivity contribution in [2.75, 3.05) is 0 Å². The van der Waals surface area contributed by atoms with Crippen LogP contribution in [0.5, 0.6) is 0 Å². The SMILES string of the molecule is CCC(C)c1ccc2cc3cc4cc5ccc(C)cc5cc4cc3cc2c1. The fraction of sp³-hybridized carbons (Fsp3) is 0.185. The van der Waals surface area contributed by atoms with Crippen molar-refractivity contribution < 1.29 is 0 Å². The molecule has 5 rings (SSSR count). The number of aryl methyl sites for hydroxylation is 1. The van der Waals surface area contributed by atoms with Gasteiger partial charge in [-0.1, -0.05) is 55.8 Å². The molecule has 5 aromatic rings. The molecule has 5 aromatic carbocycles. The number of fused-ring (bicyclic) bond motifs is 4. The smallest absolute Gasteiger partial charge is 0.0171 e. The largest absolute Gasteiger partial charge is 0.0648 e. The standard InChI is InChI=1S/C27H24/c1-4-18(3)19-7-8-21-12-25-15-24-11-20-6-5-17(2)9-22(20)13-26(24)16-27(25)14-23(21)10-19/h5-16,18H,4H2,1-3H3. The van der Waals surface area contributed by atoms with E-state index in [0.717, 1.165) is 0 Å². The number of benzene rings is 5. The molecule has 0 fully saturated rings. The Kier molecular flexibility index (Phi) is 3.68. The van der Waals surface area contributed by atoms with Gasteiger partial charge in [-0.3, -0.25) is 0 Å². The summed E-state index contributed by atoms with van der Waals surface area (Å²) in [7, 11) is 0. The fourth-order valence-corrected chi connectivity index (χ4v) is 4.18. The highest BCUT2D eigenvalue weighted by molar-refractivity contribution is 6.08. The predicted molar refractivity (Wildman–Crippen MR) is 120 cm³/mol. The molecule has 0 amide bonds. The van der Waals surface area contributed by atoms with E-state index in [1.165, 1.54) is 60.6 Å². The van der Waals surface area contributed by atoms with E-state index in [-0.39, 0.29) is 0 Å². The van der Waals surface area contributed by atoms with Crippen molar-refractivity contribution in [1.82, 2.24) is 0 Å². The third-order valence-corrected chi connectivity index (χ3v) is 6.07. The first-order chi connectivity index (χ1) is 13.1. The van der Waals surface area contributed by atoms with Crippen LogP contribution in [0, 0.1) is 6.92 Å². The first kappa shape index (κ1) is 16.3. The van der Waals surface area contributed by atoms with Gasteiger partial charge in [-0.15, -0.1) is 0 Å². The summed E-state index contributed by atoms with van der Waals surface area (Å²) in [5.74, 6) is 0.608. The van der Waals surface area contributed by atoms with Gasteiger partial charge < -0.3 is 0 Å². The Balaban J connectivity index is 1.77. The molecule has 0 spiro atoms. The summed E-state index contributed by atoms with van der Waals surface area (Å²) >= 11 is 0. The lowest BCUT2D eigenvalue weighted by atomic mass is 9.93. The maximum atomic E-state index is 2.37. The monoisotopic (exact) mass is 348 g/mol. The molecule has 0 heteroatoms. The molecule has 0 saturated heterocycles. The normalized spacial score (nSPS) is 13.0. The lowest BCUT2D eigenvalue weighted by Gasteiger charge is -2.11. The van der Waals surface area contributed by atoms with Gasteiger partial charge in [0.05, 0.1) is 0 Å². The number of hydrogen-bond acceptors (Lipinski definition) is 0. The van der Waals surface area contributed by atoms with E-state index in [0.29, 0.717) is 5.92 Å². The van der Waals surface area contributed by atoms with Crippen LogP contribution in [-0.2, 0) is 0 Å². The molecule has 0 aliphatic rings. The Morgan fingerprint density at radius 1 is 0.556 bits per heavy atom. The Morgan fingerprint density at radius 3 is 1.56 bits per heavy atom. The van der Waals surface area contributed by atoms with Crippen LogP contribution >= 0.6 is 0 Å². The highest BCUT2D eigenvalue weighted by atomic mass is 14.1. The second-order valence-corrected chi connectivity index (χ2v) is 8.02. The maximum absolute atomic E-state index is 2.37. The molecule has 1 unspecified atom stereocenters. The molecule has 27 heavy (non-hydrogen) atoms. The second kappa shape index (κ2) is 6.09. The van der Waals surface area contributed by atoms with Gasteiger partial charge in [0.25, 0.3) is 0 Å². The van der Waals surface area contributed by atoms with Crippen LogP contribution in [0.3, 0.4) is 0 Å². The van der Waals surface area contributed by atoms with Crippen molar-refractivity contribution in [3.63, 3.8) is 0 Å². The van der Waals surface area contributed by atoms with E-state index in [1.54, 1.807) is 0 Å². The third kappa shape index (κ3) is 2.77. The second-order valence-electron chi connectivity index (χ2n) is 8.02. The van der Waals surface area contributed by atoms with Gasteiger partial charge in [0.2, 0.25) is 0 Å². The Morgan fingerprint density at radius 2 is 1.00 bits per heavy atom.